The highest BCUT2D eigenvalue weighted by atomic mass is 79.9. The Morgan fingerprint density at radius 1 is 1.10 bits per heavy atom. The Bertz CT molecular complexity index is 604. The fourth-order valence-electron chi connectivity index (χ4n) is 1.88. The van der Waals surface area contributed by atoms with Crippen molar-refractivity contribution in [2.45, 2.75) is 13.1 Å². The average molecular weight is 375 g/mol. The molecule has 2 rings (SSSR count). The molecule has 0 aromatic heterocycles. The first-order valence-corrected chi connectivity index (χ1v) is 7.62. The summed E-state index contributed by atoms with van der Waals surface area (Å²) < 4.78 is 6.21. The van der Waals surface area contributed by atoms with Gasteiger partial charge in [-0.2, -0.15) is 0 Å². The van der Waals surface area contributed by atoms with Crippen LogP contribution in [0.3, 0.4) is 0 Å². The van der Waals surface area contributed by atoms with Crippen LogP contribution in [-0.2, 0) is 13.1 Å². The van der Waals surface area contributed by atoms with E-state index in [9.17, 15) is 0 Å². The van der Waals surface area contributed by atoms with Crippen molar-refractivity contribution in [3.05, 3.63) is 62.0 Å². The van der Waals surface area contributed by atoms with Gasteiger partial charge >= 0.3 is 0 Å². The summed E-state index contributed by atoms with van der Waals surface area (Å²) in [6.07, 6.45) is 0. The van der Waals surface area contributed by atoms with Crippen molar-refractivity contribution in [1.82, 2.24) is 5.32 Å². The molecule has 2 aromatic carbocycles. The molecule has 0 aliphatic heterocycles. The van der Waals surface area contributed by atoms with E-state index in [1.54, 1.807) is 7.11 Å². The Morgan fingerprint density at radius 3 is 2.60 bits per heavy atom. The fourth-order valence-corrected chi connectivity index (χ4v) is 2.57. The molecule has 0 saturated heterocycles. The van der Waals surface area contributed by atoms with Crippen LogP contribution < -0.4 is 10.1 Å². The lowest BCUT2D eigenvalue weighted by Crippen LogP contribution is -2.13. The van der Waals surface area contributed by atoms with Crippen molar-refractivity contribution in [2.24, 2.45) is 0 Å². The summed E-state index contributed by atoms with van der Waals surface area (Å²) in [5, 5.41) is 4.75. The third-order valence-corrected chi connectivity index (χ3v) is 4.50. The highest BCUT2D eigenvalue weighted by Gasteiger charge is 2.07. The first kappa shape index (κ1) is 15.6. The van der Waals surface area contributed by atoms with E-state index in [-0.39, 0.29) is 0 Å². The average Bonchev–Trinajstić information content (AvgIpc) is 2.44. The number of benzene rings is 2. The molecule has 1 N–H and O–H groups in total. The lowest BCUT2D eigenvalue weighted by atomic mass is 10.2. The van der Waals surface area contributed by atoms with E-state index in [0.29, 0.717) is 23.1 Å². The predicted molar refractivity (Wildman–Crippen MR) is 87.7 cm³/mol. The van der Waals surface area contributed by atoms with Crippen LogP contribution in [0.25, 0.3) is 0 Å². The number of hydrogen-bond donors (Lipinski definition) is 1. The van der Waals surface area contributed by atoms with Gasteiger partial charge in [0.2, 0.25) is 0 Å². The van der Waals surface area contributed by atoms with Gasteiger partial charge in [0, 0.05) is 28.1 Å². The van der Waals surface area contributed by atoms with Crippen LogP contribution in [0.5, 0.6) is 5.75 Å². The van der Waals surface area contributed by atoms with Crippen LogP contribution in [-0.4, -0.2) is 7.11 Å². The largest absolute Gasteiger partial charge is 0.496 e. The zero-order valence-electron chi connectivity index (χ0n) is 10.9. The maximum absolute atomic E-state index is 6.19. The third-order valence-electron chi connectivity index (χ3n) is 2.91. The van der Waals surface area contributed by atoms with E-state index >= 15 is 0 Å². The van der Waals surface area contributed by atoms with Gasteiger partial charge in [0.05, 0.1) is 12.1 Å². The van der Waals surface area contributed by atoms with Gasteiger partial charge in [0.15, 0.2) is 0 Å². The van der Waals surface area contributed by atoms with Gasteiger partial charge in [0.25, 0.3) is 0 Å². The molecule has 0 radical (unpaired) electrons. The molecule has 20 heavy (non-hydrogen) atoms. The first-order valence-electron chi connectivity index (χ1n) is 6.08. The van der Waals surface area contributed by atoms with Gasteiger partial charge in [-0.1, -0.05) is 35.3 Å². The van der Waals surface area contributed by atoms with Gasteiger partial charge in [-0.15, -0.1) is 0 Å². The molecule has 0 aliphatic carbocycles. The van der Waals surface area contributed by atoms with Crippen LogP contribution in [0.1, 0.15) is 11.1 Å². The number of methoxy groups -OCH3 is 1. The predicted octanol–water partition coefficient (Wildman–Crippen LogP) is 5.05. The molecule has 0 fully saturated rings. The Morgan fingerprint density at radius 2 is 1.90 bits per heavy atom. The Kier molecular flexibility index (Phi) is 5.73. The van der Waals surface area contributed by atoms with E-state index in [0.717, 1.165) is 21.3 Å². The van der Waals surface area contributed by atoms with Gasteiger partial charge in [-0.05, 0) is 45.8 Å². The van der Waals surface area contributed by atoms with Crippen molar-refractivity contribution in [3.8, 4) is 5.75 Å². The third kappa shape index (κ3) is 3.89. The smallest absolute Gasteiger partial charge is 0.124 e. The monoisotopic (exact) mass is 373 g/mol. The number of hydrogen-bond acceptors (Lipinski definition) is 2. The standard InChI is InChI=1S/C15H14BrCl2NO/c1-20-15-4-2-3-13(17)11(15)9-19-8-10-5-6-12(16)14(18)7-10/h2-7,19H,8-9H2,1H3. The minimum absolute atomic E-state index is 0.635. The molecule has 2 aromatic rings. The number of ether oxygens (including phenoxy) is 1. The molecular formula is C15H14BrCl2NO. The Labute approximate surface area is 137 Å². The van der Waals surface area contributed by atoms with E-state index in [4.69, 9.17) is 27.9 Å². The maximum atomic E-state index is 6.19. The van der Waals surface area contributed by atoms with Gasteiger partial charge < -0.3 is 10.1 Å². The lowest BCUT2D eigenvalue weighted by Gasteiger charge is -2.11. The summed E-state index contributed by atoms with van der Waals surface area (Å²) in [4.78, 5) is 0. The number of halogens is 3. The van der Waals surface area contributed by atoms with E-state index in [1.807, 2.05) is 36.4 Å². The van der Waals surface area contributed by atoms with Crippen LogP contribution in [0.4, 0.5) is 0 Å². The molecule has 2 nitrogen and oxygen atoms in total. The summed E-state index contributed by atoms with van der Waals surface area (Å²) in [5.41, 5.74) is 2.07. The summed E-state index contributed by atoms with van der Waals surface area (Å²) >= 11 is 15.6. The van der Waals surface area contributed by atoms with Crippen molar-refractivity contribution in [2.75, 3.05) is 7.11 Å². The quantitative estimate of drug-likeness (QED) is 0.790. The van der Waals surface area contributed by atoms with E-state index in [1.165, 1.54) is 0 Å². The SMILES string of the molecule is COc1cccc(Cl)c1CNCc1ccc(Br)c(Cl)c1. The van der Waals surface area contributed by atoms with Gasteiger partial charge in [-0.3, -0.25) is 0 Å². The second-order valence-electron chi connectivity index (χ2n) is 4.27. The molecular weight excluding hydrogens is 361 g/mol. The first-order chi connectivity index (χ1) is 9.61. The van der Waals surface area contributed by atoms with Crippen molar-refractivity contribution >= 4 is 39.1 Å². The van der Waals surface area contributed by atoms with Crippen molar-refractivity contribution in [3.63, 3.8) is 0 Å². The molecule has 0 amide bonds. The minimum atomic E-state index is 0.635. The summed E-state index contributed by atoms with van der Waals surface area (Å²) in [6.45, 7) is 1.35. The summed E-state index contributed by atoms with van der Waals surface area (Å²) in [7, 11) is 1.64. The molecule has 0 bridgehead atoms. The molecule has 0 saturated carbocycles. The summed E-state index contributed by atoms with van der Waals surface area (Å²) in [6, 6.07) is 11.5. The van der Waals surface area contributed by atoms with Crippen LogP contribution in [0.2, 0.25) is 10.0 Å². The highest BCUT2D eigenvalue weighted by Crippen LogP contribution is 2.26. The van der Waals surface area contributed by atoms with Crippen LogP contribution >= 0.6 is 39.1 Å². The summed E-state index contributed by atoms with van der Waals surface area (Å²) in [5.74, 6) is 0.791. The van der Waals surface area contributed by atoms with E-state index in [2.05, 4.69) is 21.2 Å². The molecule has 0 atom stereocenters. The number of nitrogens with one attached hydrogen (secondary N) is 1. The molecule has 5 heteroatoms. The second kappa shape index (κ2) is 7.32. The fraction of sp³-hybridized carbons (Fsp3) is 0.200. The molecule has 0 heterocycles. The van der Waals surface area contributed by atoms with Crippen molar-refractivity contribution < 1.29 is 4.74 Å². The number of rotatable bonds is 5. The zero-order valence-corrected chi connectivity index (χ0v) is 14.0. The van der Waals surface area contributed by atoms with Crippen LogP contribution in [0.15, 0.2) is 40.9 Å². The topological polar surface area (TPSA) is 21.3 Å². The molecule has 106 valence electrons. The highest BCUT2D eigenvalue weighted by molar-refractivity contribution is 9.10. The van der Waals surface area contributed by atoms with Gasteiger partial charge in [-0.25, -0.2) is 0 Å². The molecule has 0 aliphatic rings. The Balaban J connectivity index is 2.01. The zero-order chi connectivity index (χ0) is 14.5. The van der Waals surface area contributed by atoms with Gasteiger partial charge in [0.1, 0.15) is 5.75 Å². The van der Waals surface area contributed by atoms with Crippen LogP contribution in [0, 0.1) is 0 Å². The van der Waals surface area contributed by atoms with Crippen molar-refractivity contribution in [1.29, 1.82) is 0 Å². The normalized spacial score (nSPS) is 10.6. The van der Waals surface area contributed by atoms with E-state index < -0.39 is 0 Å². The molecule has 0 unspecified atom stereocenters. The Hall–Kier alpha value is -0.740. The second-order valence-corrected chi connectivity index (χ2v) is 5.94. The minimum Gasteiger partial charge on any atom is -0.496 e. The molecule has 0 spiro atoms. The maximum Gasteiger partial charge on any atom is 0.124 e. The lowest BCUT2D eigenvalue weighted by molar-refractivity contribution is 0.407.